The number of hydrogen-bond donors (Lipinski definition) is 1. The number of nitrogens with two attached hydrogens (primary N) is 1. The summed E-state index contributed by atoms with van der Waals surface area (Å²) in [5.74, 6) is 0.664. The Morgan fingerprint density at radius 1 is 1.61 bits per heavy atom. The Hall–Kier alpha value is -0.960. The van der Waals surface area contributed by atoms with E-state index in [1.165, 1.54) is 10.5 Å². The zero-order chi connectivity index (χ0) is 13.3. The first-order valence-corrected chi connectivity index (χ1v) is 7.21. The van der Waals surface area contributed by atoms with Crippen LogP contribution in [0.4, 0.5) is 0 Å². The molecule has 1 aromatic heterocycles. The lowest BCUT2D eigenvalue weighted by atomic mass is 10.3. The molecule has 1 aliphatic rings. The summed E-state index contributed by atoms with van der Waals surface area (Å²) in [6.07, 6.45) is 1.29. The Labute approximate surface area is 107 Å². The Morgan fingerprint density at radius 2 is 2.33 bits per heavy atom. The highest BCUT2D eigenvalue weighted by Crippen LogP contribution is 2.17. The van der Waals surface area contributed by atoms with Crippen molar-refractivity contribution in [2.75, 3.05) is 26.2 Å². The van der Waals surface area contributed by atoms with Crippen molar-refractivity contribution in [2.45, 2.75) is 18.1 Å². The van der Waals surface area contributed by atoms with Crippen LogP contribution in [0.25, 0.3) is 0 Å². The average Bonchev–Trinajstić information content (AvgIpc) is 2.70. The lowest BCUT2D eigenvalue weighted by molar-refractivity contribution is 0.00444. The van der Waals surface area contributed by atoms with Gasteiger partial charge >= 0.3 is 0 Å². The summed E-state index contributed by atoms with van der Waals surface area (Å²) in [4.78, 5) is 4.07. The molecule has 1 saturated heterocycles. The number of rotatable bonds is 3. The molecule has 2 heterocycles. The van der Waals surface area contributed by atoms with Crippen LogP contribution in [0.5, 0.6) is 0 Å². The molecular formula is C10H18N4O3S. The van der Waals surface area contributed by atoms with E-state index in [0.717, 1.165) is 0 Å². The van der Waals surface area contributed by atoms with Crippen molar-refractivity contribution in [3.63, 3.8) is 0 Å². The van der Waals surface area contributed by atoms with Gasteiger partial charge in [0.05, 0.1) is 12.7 Å². The van der Waals surface area contributed by atoms with E-state index in [0.29, 0.717) is 25.5 Å². The molecule has 0 bridgehead atoms. The first kappa shape index (κ1) is 13.5. The molecule has 0 aromatic carbocycles. The predicted molar refractivity (Wildman–Crippen MR) is 65.5 cm³/mol. The van der Waals surface area contributed by atoms with Crippen LogP contribution in [-0.4, -0.2) is 54.6 Å². The summed E-state index contributed by atoms with van der Waals surface area (Å²) in [6.45, 7) is 3.07. The fourth-order valence-corrected chi connectivity index (χ4v) is 3.32. The molecule has 1 unspecified atom stereocenters. The highest BCUT2D eigenvalue weighted by atomic mass is 32.2. The van der Waals surface area contributed by atoms with E-state index in [4.69, 9.17) is 10.5 Å². The van der Waals surface area contributed by atoms with Crippen LogP contribution >= 0.6 is 0 Å². The van der Waals surface area contributed by atoms with Gasteiger partial charge in [-0.1, -0.05) is 0 Å². The van der Waals surface area contributed by atoms with Crippen LogP contribution in [0.1, 0.15) is 5.82 Å². The molecule has 2 rings (SSSR count). The smallest absolute Gasteiger partial charge is 0.262 e. The minimum absolute atomic E-state index is 0.0835. The molecule has 2 N–H and O–H groups in total. The fraction of sp³-hybridized carbons (Fsp3) is 0.700. The number of nitrogens with zero attached hydrogens (tertiary/aromatic N) is 3. The standard InChI is InChI=1S/C10H18N4O3S/c1-8-12-10(7-13(8)2)18(15,16)14-3-4-17-9(5-11)6-14/h7,9H,3-6,11H2,1-2H3. The van der Waals surface area contributed by atoms with Crippen molar-refractivity contribution in [3.05, 3.63) is 12.0 Å². The van der Waals surface area contributed by atoms with Gasteiger partial charge in [-0.05, 0) is 6.92 Å². The van der Waals surface area contributed by atoms with Gasteiger partial charge in [0.1, 0.15) is 5.82 Å². The quantitative estimate of drug-likeness (QED) is 0.769. The predicted octanol–water partition coefficient (Wildman–Crippen LogP) is -0.923. The maximum absolute atomic E-state index is 12.4. The topological polar surface area (TPSA) is 90.4 Å². The van der Waals surface area contributed by atoms with Crippen LogP contribution in [0.15, 0.2) is 11.2 Å². The van der Waals surface area contributed by atoms with E-state index in [-0.39, 0.29) is 17.7 Å². The van der Waals surface area contributed by atoms with E-state index < -0.39 is 10.0 Å². The number of ether oxygens (including phenoxy) is 1. The fourth-order valence-electron chi connectivity index (χ4n) is 1.84. The molecule has 0 aliphatic carbocycles. The van der Waals surface area contributed by atoms with Gasteiger partial charge in [0, 0.05) is 32.9 Å². The Balaban J connectivity index is 2.25. The van der Waals surface area contributed by atoms with Crippen molar-refractivity contribution >= 4 is 10.0 Å². The second kappa shape index (κ2) is 4.96. The first-order valence-electron chi connectivity index (χ1n) is 5.77. The lowest BCUT2D eigenvalue weighted by Gasteiger charge is -2.30. The molecular weight excluding hydrogens is 256 g/mol. The average molecular weight is 274 g/mol. The van der Waals surface area contributed by atoms with E-state index in [2.05, 4.69) is 4.98 Å². The minimum atomic E-state index is -3.54. The number of aryl methyl sites for hydroxylation is 2. The normalized spacial score (nSPS) is 22.3. The molecule has 1 atom stereocenters. The maximum Gasteiger partial charge on any atom is 0.262 e. The zero-order valence-corrected chi connectivity index (χ0v) is 11.4. The van der Waals surface area contributed by atoms with Crippen molar-refractivity contribution in [1.29, 1.82) is 0 Å². The van der Waals surface area contributed by atoms with Crippen LogP contribution in [-0.2, 0) is 21.8 Å². The summed E-state index contributed by atoms with van der Waals surface area (Å²) in [7, 11) is -1.77. The summed E-state index contributed by atoms with van der Waals surface area (Å²) in [6, 6.07) is 0. The lowest BCUT2D eigenvalue weighted by Crippen LogP contribution is -2.48. The summed E-state index contributed by atoms with van der Waals surface area (Å²) >= 11 is 0. The van der Waals surface area contributed by atoms with Gasteiger partial charge in [0.2, 0.25) is 0 Å². The molecule has 1 aromatic rings. The number of aromatic nitrogens is 2. The van der Waals surface area contributed by atoms with Gasteiger partial charge in [-0.3, -0.25) is 0 Å². The molecule has 8 heteroatoms. The Kier molecular flexibility index (Phi) is 3.71. The van der Waals surface area contributed by atoms with E-state index in [1.54, 1.807) is 18.5 Å². The van der Waals surface area contributed by atoms with Gasteiger partial charge < -0.3 is 15.0 Å². The summed E-state index contributed by atoms with van der Waals surface area (Å²) in [5, 5.41) is 0.0835. The molecule has 18 heavy (non-hydrogen) atoms. The van der Waals surface area contributed by atoms with Gasteiger partial charge in [0.15, 0.2) is 5.03 Å². The van der Waals surface area contributed by atoms with E-state index in [1.807, 2.05) is 0 Å². The molecule has 1 aliphatic heterocycles. The summed E-state index contributed by atoms with van der Waals surface area (Å²) < 4.78 is 33.2. The molecule has 1 fully saturated rings. The number of imidazole rings is 1. The number of sulfonamides is 1. The maximum atomic E-state index is 12.4. The number of hydrogen-bond acceptors (Lipinski definition) is 5. The molecule has 7 nitrogen and oxygen atoms in total. The first-order chi connectivity index (χ1) is 8.45. The van der Waals surface area contributed by atoms with Crippen LogP contribution in [0.2, 0.25) is 0 Å². The van der Waals surface area contributed by atoms with Gasteiger partial charge in [-0.15, -0.1) is 0 Å². The highest BCUT2D eigenvalue weighted by molar-refractivity contribution is 7.89. The third-order valence-corrected chi connectivity index (χ3v) is 4.79. The zero-order valence-electron chi connectivity index (χ0n) is 10.5. The van der Waals surface area contributed by atoms with E-state index in [9.17, 15) is 8.42 Å². The van der Waals surface area contributed by atoms with Crippen LogP contribution < -0.4 is 5.73 Å². The summed E-state index contributed by atoms with van der Waals surface area (Å²) in [5.41, 5.74) is 5.51. The van der Waals surface area contributed by atoms with Crippen molar-refractivity contribution < 1.29 is 13.2 Å². The molecule has 0 spiro atoms. The number of morpholine rings is 1. The second-order valence-electron chi connectivity index (χ2n) is 4.33. The van der Waals surface area contributed by atoms with Crippen LogP contribution in [0, 0.1) is 6.92 Å². The molecule has 0 amide bonds. The van der Waals surface area contributed by atoms with Gasteiger partial charge in [0.25, 0.3) is 10.0 Å². The Morgan fingerprint density at radius 3 is 2.89 bits per heavy atom. The van der Waals surface area contributed by atoms with E-state index >= 15 is 0 Å². The largest absolute Gasteiger partial charge is 0.374 e. The van der Waals surface area contributed by atoms with Crippen molar-refractivity contribution in [2.24, 2.45) is 12.8 Å². The van der Waals surface area contributed by atoms with Gasteiger partial charge in [-0.2, -0.15) is 4.31 Å². The third kappa shape index (κ3) is 2.41. The highest BCUT2D eigenvalue weighted by Gasteiger charge is 2.32. The third-order valence-electron chi connectivity index (χ3n) is 3.06. The van der Waals surface area contributed by atoms with Gasteiger partial charge in [-0.25, -0.2) is 13.4 Å². The second-order valence-corrected chi connectivity index (χ2v) is 6.21. The van der Waals surface area contributed by atoms with Crippen molar-refractivity contribution in [3.8, 4) is 0 Å². The molecule has 102 valence electrons. The monoisotopic (exact) mass is 274 g/mol. The molecule has 0 saturated carbocycles. The SMILES string of the molecule is Cc1nc(S(=O)(=O)N2CCOC(CN)C2)cn1C. The minimum Gasteiger partial charge on any atom is -0.374 e. The van der Waals surface area contributed by atoms with Crippen molar-refractivity contribution in [1.82, 2.24) is 13.9 Å². The van der Waals surface area contributed by atoms with Crippen LogP contribution in [0.3, 0.4) is 0 Å². The molecule has 0 radical (unpaired) electrons. The Bertz CT molecular complexity index is 506.